The molecule has 9 aromatic rings. The largest absolute Gasteiger partial charge is 0.309 e. The molecule has 0 spiro atoms. The van der Waals surface area contributed by atoms with E-state index in [4.69, 9.17) is 0 Å². The Morgan fingerprint density at radius 2 is 0.958 bits per heavy atom. The zero-order valence-electron chi connectivity index (χ0n) is 25.8. The molecule has 0 atom stereocenters. The lowest BCUT2D eigenvalue weighted by molar-refractivity contribution is 1.18. The van der Waals surface area contributed by atoms with E-state index in [1.165, 1.54) is 10.8 Å². The van der Waals surface area contributed by atoms with Crippen LogP contribution >= 0.6 is 0 Å². The number of nitrogens with zero attached hydrogens (tertiary/aromatic N) is 4. The summed E-state index contributed by atoms with van der Waals surface area (Å²) < 4.78 is 4.54. The standard InChI is InChI=1S/C44H26N4/c45-27-31-21-20-30(29-22-24-33(25-23-29)47-42-18-8-4-14-37(42)44-32(28-46)10-9-19-43(44)47)26-38(31)36-13-3-7-17-41(36)48-39-15-5-1-11-34(39)35-12-2-6-16-40(35)48/h1-26H. The maximum Gasteiger partial charge on any atom is 0.0998 e. The molecule has 2 heterocycles. The van der Waals surface area contributed by atoms with Crippen molar-refractivity contribution < 1.29 is 0 Å². The predicted octanol–water partition coefficient (Wildman–Crippen LogP) is 11.0. The highest BCUT2D eigenvalue weighted by Crippen LogP contribution is 2.39. The van der Waals surface area contributed by atoms with Crippen molar-refractivity contribution in [3.8, 4) is 45.8 Å². The maximum atomic E-state index is 10.3. The van der Waals surface area contributed by atoms with Gasteiger partial charge in [-0.05, 0) is 71.8 Å². The van der Waals surface area contributed by atoms with Gasteiger partial charge in [-0.1, -0.05) is 97.1 Å². The zero-order valence-corrected chi connectivity index (χ0v) is 25.8. The van der Waals surface area contributed by atoms with Gasteiger partial charge in [0, 0.05) is 38.4 Å². The summed E-state index contributed by atoms with van der Waals surface area (Å²) in [7, 11) is 0. The van der Waals surface area contributed by atoms with Crippen LogP contribution in [0.15, 0.2) is 158 Å². The van der Waals surface area contributed by atoms with Crippen molar-refractivity contribution in [2.75, 3.05) is 0 Å². The summed E-state index contributed by atoms with van der Waals surface area (Å²) in [6, 6.07) is 58.9. The highest BCUT2D eigenvalue weighted by atomic mass is 15.0. The molecule has 0 saturated heterocycles. The lowest BCUT2D eigenvalue weighted by Gasteiger charge is -2.16. The molecule has 222 valence electrons. The Morgan fingerprint density at radius 3 is 1.65 bits per heavy atom. The number of para-hydroxylation sites is 4. The Hall–Kier alpha value is -6.88. The molecule has 0 unspecified atom stereocenters. The lowest BCUT2D eigenvalue weighted by Crippen LogP contribution is -1.98. The van der Waals surface area contributed by atoms with Gasteiger partial charge in [0.1, 0.15) is 0 Å². The van der Waals surface area contributed by atoms with Crippen molar-refractivity contribution in [2.24, 2.45) is 0 Å². The first-order chi connectivity index (χ1) is 23.7. The number of rotatable bonds is 4. The van der Waals surface area contributed by atoms with Crippen molar-refractivity contribution in [1.29, 1.82) is 10.5 Å². The van der Waals surface area contributed by atoms with Crippen molar-refractivity contribution >= 4 is 43.6 Å². The van der Waals surface area contributed by atoms with E-state index in [-0.39, 0.29) is 0 Å². The second-order valence-electron chi connectivity index (χ2n) is 12.0. The second kappa shape index (κ2) is 10.9. The number of benzene rings is 7. The van der Waals surface area contributed by atoms with Crippen molar-refractivity contribution in [1.82, 2.24) is 9.13 Å². The molecule has 9 rings (SSSR count). The Morgan fingerprint density at radius 1 is 0.396 bits per heavy atom. The van der Waals surface area contributed by atoms with Gasteiger partial charge in [0.25, 0.3) is 0 Å². The molecule has 2 aromatic heterocycles. The van der Waals surface area contributed by atoms with E-state index in [9.17, 15) is 10.5 Å². The van der Waals surface area contributed by atoms with E-state index in [0.717, 1.165) is 66.5 Å². The average Bonchev–Trinajstić information content (AvgIpc) is 3.68. The van der Waals surface area contributed by atoms with Crippen molar-refractivity contribution in [3.63, 3.8) is 0 Å². The van der Waals surface area contributed by atoms with Crippen LogP contribution in [0.1, 0.15) is 11.1 Å². The predicted molar refractivity (Wildman–Crippen MR) is 195 cm³/mol. The van der Waals surface area contributed by atoms with Gasteiger partial charge in [0.2, 0.25) is 0 Å². The molecule has 0 bridgehead atoms. The molecule has 0 aliphatic carbocycles. The lowest BCUT2D eigenvalue weighted by atomic mass is 9.94. The molecular weight excluding hydrogens is 585 g/mol. The van der Waals surface area contributed by atoms with E-state index >= 15 is 0 Å². The fraction of sp³-hybridized carbons (Fsp3) is 0. The Labute approximate surface area is 277 Å². The summed E-state index contributed by atoms with van der Waals surface area (Å²) in [5.74, 6) is 0. The molecule has 4 heteroatoms. The smallest absolute Gasteiger partial charge is 0.0998 e. The number of nitriles is 2. The number of hydrogen-bond donors (Lipinski definition) is 0. The average molecular weight is 611 g/mol. The fourth-order valence-electron chi connectivity index (χ4n) is 7.32. The normalized spacial score (nSPS) is 11.3. The molecule has 0 aliphatic heterocycles. The van der Waals surface area contributed by atoms with E-state index in [1.807, 2.05) is 42.5 Å². The summed E-state index contributed by atoms with van der Waals surface area (Å²) in [5, 5.41) is 24.6. The van der Waals surface area contributed by atoms with E-state index in [1.54, 1.807) is 0 Å². The SMILES string of the molecule is N#Cc1ccc(-c2ccc(-n3c4ccccc4c4c(C#N)cccc43)cc2)cc1-c1ccccc1-n1c2ccccc2c2ccccc21. The first-order valence-electron chi connectivity index (χ1n) is 15.9. The molecule has 0 amide bonds. The van der Waals surface area contributed by atoms with Crippen LogP contribution in [0.4, 0.5) is 0 Å². The molecular formula is C44H26N4. The minimum absolute atomic E-state index is 0.627. The van der Waals surface area contributed by atoms with Crippen LogP contribution in [-0.2, 0) is 0 Å². The topological polar surface area (TPSA) is 57.4 Å². The van der Waals surface area contributed by atoms with Crippen LogP contribution in [0, 0.1) is 22.7 Å². The molecule has 4 nitrogen and oxygen atoms in total. The highest BCUT2D eigenvalue weighted by Gasteiger charge is 2.18. The van der Waals surface area contributed by atoms with Crippen molar-refractivity contribution in [3.05, 3.63) is 169 Å². The Kier molecular flexibility index (Phi) is 6.22. The minimum atomic E-state index is 0.627. The van der Waals surface area contributed by atoms with Crippen LogP contribution in [0.5, 0.6) is 0 Å². The summed E-state index contributed by atoms with van der Waals surface area (Å²) >= 11 is 0. The second-order valence-corrected chi connectivity index (χ2v) is 12.0. The van der Waals surface area contributed by atoms with Crippen LogP contribution < -0.4 is 0 Å². The van der Waals surface area contributed by atoms with Gasteiger partial charge < -0.3 is 9.13 Å². The monoisotopic (exact) mass is 610 g/mol. The van der Waals surface area contributed by atoms with E-state index in [2.05, 4.69) is 137 Å². The molecule has 7 aromatic carbocycles. The molecule has 48 heavy (non-hydrogen) atoms. The van der Waals surface area contributed by atoms with Crippen LogP contribution in [-0.4, -0.2) is 9.13 Å². The van der Waals surface area contributed by atoms with Gasteiger partial charge >= 0.3 is 0 Å². The number of aromatic nitrogens is 2. The third kappa shape index (κ3) is 4.07. The zero-order chi connectivity index (χ0) is 32.2. The third-order valence-corrected chi connectivity index (χ3v) is 9.43. The number of fused-ring (bicyclic) bond motifs is 6. The molecule has 0 saturated carbocycles. The van der Waals surface area contributed by atoms with Gasteiger partial charge in [-0.25, -0.2) is 0 Å². The summed E-state index contributed by atoms with van der Waals surface area (Å²) in [6.45, 7) is 0. The third-order valence-electron chi connectivity index (χ3n) is 9.43. The van der Waals surface area contributed by atoms with Gasteiger partial charge in [0.15, 0.2) is 0 Å². The minimum Gasteiger partial charge on any atom is -0.309 e. The molecule has 0 radical (unpaired) electrons. The Balaban J connectivity index is 1.19. The molecule has 0 aliphatic rings. The van der Waals surface area contributed by atoms with Crippen LogP contribution in [0.3, 0.4) is 0 Å². The van der Waals surface area contributed by atoms with Crippen LogP contribution in [0.25, 0.3) is 77.2 Å². The van der Waals surface area contributed by atoms with Gasteiger partial charge in [-0.2, -0.15) is 10.5 Å². The maximum absolute atomic E-state index is 10.3. The molecule has 0 N–H and O–H groups in total. The first kappa shape index (κ1) is 27.4. The van der Waals surface area contributed by atoms with Gasteiger partial charge in [0.05, 0.1) is 51.0 Å². The quantitative estimate of drug-likeness (QED) is 0.199. The van der Waals surface area contributed by atoms with Gasteiger partial charge in [-0.15, -0.1) is 0 Å². The van der Waals surface area contributed by atoms with E-state index < -0.39 is 0 Å². The summed E-state index contributed by atoms with van der Waals surface area (Å²) in [5.41, 5.74) is 11.6. The van der Waals surface area contributed by atoms with Crippen LogP contribution in [0.2, 0.25) is 0 Å². The Bertz CT molecular complexity index is 2750. The van der Waals surface area contributed by atoms with Gasteiger partial charge in [-0.3, -0.25) is 0 Å². The summed E-state index contributed by atoms with van der Waals surface area (Å²) in [4.78, 5) is 0. The fourth-order valence-corrected chi connectivity index (χ4v) is 7.32. The highest BCUT2D eigenvalue weighted by molar-refractivity contribution is 6.12. The van der Waals surface area contributed by atoms with Crippen molar-refractivity contribution in [2.45, 2.75) is 0 Å². The number of hydrogen-bond acceptors (Lipinski definition) is 2. The first-order valence-corrected chi connectivity index (χ1v) is 15.9. The van der Waals surface area contributed by atoms with E-state index in [0.29, 0.717) is 11.1 Å². The summed E-state index contributed by atoms with van der Waals surface area (Å²) in [6.07, 6.45) is 0. The molecule has 0 fully saturated rings.